The second-order valence-electron chi connectivity index (χ2n) is 5.14. The predicted molar refractivity (Wildman–Crippen MR) is 65.5 cm³/mol. The molecule has 1 aromatic heterocycles. The number of aromatic nitrogens is 3. The minimum Gasteiger partial charge on any atom is -0.394 e. The van der Waals surface area contributed by atoms with E-state index in [2.05, 4.69) is 22.3 Å². The fourth-order valence-electron chi connectivity index (χ4n) is 2.67. The van der Waals surface area contributed by atoms with Crippen molar-refractivity contribution in [3.8, 4) is 0 Å². The Bertz CT molecular complexity index is 319. The maximum absolute atomic E-state index is 9.53. The summed E-state index contributed by atoms with van der Waals surface area (Å²) in [5, 5.41) is 17.2. The smallest absolute Gasteiger partial charge is 0.137 e. The molecule has 0 radical (unpaired) electrons. The highest BCUT2D eigenvalue weighted by atomic mass is 16.3. The summed E-state index contributed by atoms with van der Waals surface area (Å²) < 4.78 is 1.85. The fourth-order valence-corrected chi connectivity index (χ4v) is 2.67. The number of rotatable bonds is 6. The number of nitrogens with one attached hydrogen (secondary N) is 1. The van der Waals surface area contributed by atoms with E-state index in [0.29, 0.717) is 6.04 Å². The molecule has 1 aliphatic carbocycles. The Morgan fingerprint density at radius 1 is 1.47 bits per heavy atom. The second kappa shape index (κ2) is 5.60. The highest BCUT2D eigenvalue weighted by Gasteiger charge is 2.33. The van der Waals surface area contributed by atoms with Gasteiger partial charge in [0.15, 0.2) is 0 Å². The van der Waals surface area contributed by atoms with E-state index < -0.39 is 0 Å². The summed E-state index contributed by atoms with van der Waals surface area (Å²) in [5.41, 5.74) is -0.0260. The number of aliphatic hydroxyl groups is 1. The first-order chi connectivity index (χ1) is 8.24. The van der Waals surface area contributed by atoms with Crippen molar-refractivity contribution in [1.29, 1.82) is 0 Å². The Morgan fingerprint density at radius 3 is 2.82 bits per heavy atom. The van der Waals surface area contributed by atoms with Crippen LogP contribution >= 0.6 is 0 Å². The first kappa shape index (κ1) is 12.5. The molecule has 17 heavy (non-hydrogen) atoms. The monoisotopic (exact) mass is 238 g/mol. The highest BCUT2D eigenvalue weighted by molar-refractivity contribution is 4.93. The van der Waals surface area contributed by atoms with Gasteiger partial charge in [-0.05, 0) is 26.2 Å². The molecule has 0 aliphatic heterocycles. The molecule has 1 unspecified atom stereocenters. The third-order valence-electron chi connectivity index (χ3n) is 3.67. The summed E-state index contributed by atoms with van der Waals surface area (Å²) in [6.45, 7) is 3.29. The van der Waals surface area contributed by atoms with Gasteiger partial charge in [0.1, 0.15) is 12.7 Å². The van der Waals surface area contributed by atoms with Gasteiger partial charge in [-0.1, -0.05) is 12.8 Å². The SMILES string of the molecule is CC(CCn1cncn1)NC1(CO)CCCC1. The van der Waals surface area contributed by atoms with Crippen LogP contribution in [0.15, 0.2) is 12.7 Å². The Hall–Kier alpha value is -0.940. The molecule has 1 heterocycles. The first-order valence-electron chi connectivity index (χ1n) is 6.45. The standard InChI is InChI=1S/C12H22N4O/c1-11(4-7-16-10-13-9-14-16)15-12(8-17)5-2-3-6-12/h9-11,15,17H,2-8H2,1H3. The van der Waals surface area contributed by atoms with Crippen LogP contribution in [0, 0.1) is 0 Å². The van der Waals surface area contributed by atoms with Gasteiger partial charge >= 0.3 is 0 Å². The molecule has 0 bridgehead atoms. The number of nitrogens with zero attached hydrogens (tertiary/aromatic N) is 3. The van der Waals surface area contributed by atoms with Crippen LogP contribution in [-0.4, -0.2) is 38.1 Å². The van der Waals surface area contributed by atoms with Crippen LogP contribution in [0.2, 0.25) is 0 Å². The predicted octanol–water partition coefficient (Wildman–Crippen LogP) is 0.951. The second-order valence-corrected chi connectivity index (χ2v) is 5.14. The lowest BCUT2D eigenvalue weighted by atomic mass is 9.97. The molecular weight excluding hydrogens is 216 g/mol. The van der Waals surface area contributed by atoms with E-state index in [-0.39, 0.29) is 12.1 Å². The molecule has 2 N–H and O–H groups in total. The summed E-state index contributed by atoms with van der Waals surface area (Å²) in [5.74, 6) is 0. The first-order valence-corrected chi connectivity index (χ1v) is 6.45. The van der Waals surface area contributed by atoms with Crippen molar-refractivity contribution in [3.05, 3.63) is 12.7 Å². The summed E-state index contributed by atoms with van der Waals surface area (Å²) in [7, 11) is 0. The number of hydrogen-bond acceptors (Lipinski definition) is 4. The molecule has 0 saturated heterocycles. The van der Waals surface area contributed by atoms with E-state index in [4.69, 9.17) is 0 Å². The average Bonchev–Trinajstić information content (AvgIpc) is 2.98. The highest BCUT2D eigenvalue weighted by Crippen LogP contribution is 2.29. The van der Waals surface area contributed by atoms with Gasteiger partial charge < -0.3 is 10.4 Å². The van der Waals surface area contributed by atoms with Gasteiger partial charge in [0.25, 0.3) is 0 Å². The third-order valence-corrected chi connectivity index (χ3v) is 3.67. The largest absolute Gasteiger partial charge is 0.394 e. The zero-order valence-corrected chi connectivity index (χ0v) is 10.5. The molecule has 1 saturated carbocycles. The molecule has 0 aromatic carbocycles. The Labute approximate surface area is 102 Å². The van der Waals surface area contributed by atoms with Gasteiger partial charge in [-0.2, -0.15) is 5.10 Å². The molecule has 5 nitrogen and oxygen atoms in total. The van der Waals surface area contributed by atoms with Gasteiger partial charge in [-0.25, -0.2) is 4.98 Å². The van der Waals surface area contributed by atoms with Crippen molar-refractivity contribution in [2.75, 3.05) is 6.61 Å². The maximum Gasteiger partial charge on any atom is 0.137 e. The maximum atomic E-state index is 9.53. The Kier molecular flexibility index (Phi) is 4.12. The van der Waals surface area contributed by atoms with E-state index in [1.807, 2.05) is 4.68 Å². The zero-order chi connectivity index (χ0) is 12.1. The van der Waals surface area contributed by atoms with Crippen molar-refractivity contribution in [1.82, 2.24) is 20.1 Å². The van der Waals surface area contributed by atoms with Crippen molar-refractivity contribution in [2.45, 2.75) is 57.2 Å². The fraction of sp³-hybridized carbons (Fsp3) is 0.833. The van der Waals surface area contributed by atoms with Crippen molar-refractivity contribution >= 4 is 0 Å². The van der Waals surface area contributed by atoms with Gasteiger partial charge in [-0.3, -0.25) is 4.68 Å². The third kappa shape index (κ3) is 3.26. The molecular formula is C12H22N4O. The molecule has 1 aromatic rings. The van der Waals surface area contributed by atoms with Crippen LogP contribution in [0.5, 0.6) is 0 Å². The minimum absolute atomic E-state index is 0.0260. The van der Waals surface area contributed by atoms with Crippen LogP contribution < -0.4 is 5.32 Å². The summed E-state index contributed by atoms with van der Waals surface area (Å²) in [6, 6.07) is 0.393. The molecule has 1 fully saturated rings. The average molecular weight is 238 g/mol. The van der Waals surface area contributed by atoms with Gasteiger partial charge in [0.2, 0.25) is 0 Å². The van der Waals surface area contributed by atoms with Crippen LogP contribution in [0.3, 0.4) is 0 Å². The van der Waals surface area contributed by atoms with Gasteiger partial charge in [0, 0.05) is 18.1 Å². The summed E-state index contributed by atoms with van der Waals surface area (Å²) in [4.78, 5) is 3.92. The lowest BCUT2D eigenvalue weighted by Crippen LogP contribution is -2.50. The van der Waals surface area contributed by atoms with Crippen LogP contribution in [-0.2, 0) is 6.54 Å². The number of aliphatic hydroxyl groups excluding tert-OH is 1. The lowest BCUT2D eigenvalue weighted by molar-refractivity contribution is 0.150. The lowest BCUT2D eigenvalue weighted by Gasteiger charge is -2.32. The van der Waals surface area contributed by atoms with E-state index in [9.17, 15) is 5.11 Å². The number of hydrogen-bond donors (Lipinski definition) is 2. The minimum atomic E-state index is -0.0260. The topological polar surface area (TPSA) is 63.0 Å². The van der Waals surface area contributed by atoms with E-state index in [1.165, 1.54) is 12.8 Å². The van der Waals surface area contributed by atoms with Gasteiger partial charge in [-0.15, -0.1) is 0 Å². The van der Waals surface area contributed by atoms with E-state index in [0.717, 1.165) is 25.8 Å². The molecule has 0 spiro atoms. The Balaban J connectivity index is 1.78. The molecule has 2 rings (SSSR count). The van der Waals surface area contributed by atoms with Crippen molar-refractivity contribution in [3.63, 3.8) is 0 Å². The number of aryl methyl sites for hydroxylation is 1. The molecule has 1 atom stereocenters. The van der Waals surface area contributed by atoms with Crippen molar-refractivity contribution in [2.24, 2.45) is 0 Å². The van der Waals surface area contributed by atoms with Gasteiger partial charge in [0.05, 0.1) is 6.61 Å². The summed E-state index contributed by atoms with van der Waals surface area (Å²) >= 11 is 0. The quantitative estimate of drug-likeness (QED) is 0.774. The molecule has 5 heteroatoms. The summed E-state index contributed by atoms with van der Waals surface area (Å²) in [6.07, 6.45) is 8.94. The van der Waals surface area contributed by atoms with E-state index >= 15 is 0 Å². The molecule has 96 valence electrons. The van der Waals surface area contributed by atoms with E-state index in [1.54, 1.807) is 12.7 Å². The Morgan fingerprint density at radius 2 is 2.24 bits per heavy atom. The van der Waals surface area contributed by atoms with Crippen LogP contribution in [0.4, 0.5) is 0 Å². The zero-order valence-electron chi connectivity index (χ0n) is 10.5. The normalized spacial score (nSPS) is 20.6. The van der Waals surface area contributed by atoms with Crippen molar-refractivity contribution < 1.29 is 5.11 Å². The van der Waals surface area contributed by atoms with Crippen LogP contribution in [0.1, 0.15) is 39.0 Å². The van der Waals surface area contributed by atoms with Crippen LogP contribution in [0.25, 0.3) is 0 Å². The molecule has 1 aliphatic rings. The molecule has 0 amide bonds.